The van der Waals surface area contributed by atoms with Crippen LogP contribution < -0.4 is 15.0 Å². The zero-order valence-electron chi connectivity index (χ0n) is 13.4. The van der Waals surface area contributed by atoms with Gasteiger partial charge >= 0.3 is 0 Å². The Bertz CT molecular complexity index is 789. The maximum Gasteiger partial charge on any atom is 0.265 e. The number of hydrogen-bond donors (Lipinski definition) is 1. The second-order valence-corrected chi connectivity index (χ2v) is 6.61. The number of benzene rings is 2. The van der Waals surface area contributed by atoms with E-state index in [2.05, 4.69) is 21.2 Å². The Morgan fingerprint density at radius 3 is 2.67 bits per heavy atom. The number of aryl methyl sites for hydroxylation is 1. The number of carbonyl (C=O) groups excluding carboxylic acids is 2. The summed E-state index contributed by atoms with van der Waals surface area (Å²) in [5, 5.41) is 2.84. The minimum atomic E-state index is -0.648. The maximum atomic E-state index is 12.6. The van der Waals surface area contributed by atoms with Crippen LogP contribution in [0.25, 0.3) is 0 Å². The number of fused-ring (bicyclic) bond motifs is 1. The van der Waals surface area contributed by atoms with E-state index in [0.29, 0.717) is 17.1 Å². The van der Waals surface area contributed by atoms with Crippen LogP contribution in [0.1, 0.15) is 12.5 Å². The molecule has 2 aromatic carbocycles. The van der Waals surface area contributed by atoms with E-state index >= 15 is 0 Å². The summed E-state index contributed by atoms with van der Waals surface area (Å²) in [4.78, 5) is 26.4. The van der Waals surface area contributed by atoms with Gasteiger partial charge in [0.15, 0.2) is 6.61 Å². The van der Waals surface area contributed by atoms with Crippen LogP contribution in [-0.4, -0.2) is 24.5 Å². The topological polar surface area (TPSA) is 58.6 Å². The number of rotatable bonds is 3. The van der Waals surface area contributed by atoms with Gasteiger partial charge in [0.05, 0.1) is 5.69 Å². The van der Waals surface area contributed by atoms with Gasteiger partial charge < -0.3 is 10.1 Å². The average molecular weight is 389 g/mol. The van der Waals surface area contributed by atoms with Gasteiger partial charge in [-0.1, -0.05) is 22.0 Å². The van der Waals surface area contributed by atoms with E-state index in [1.807, 2.05) is 37.3 Å². The molecule has 24 heavy (non-hydrogen) atoms. The van der Waals surface area contributed by atoms with E-state index in [9.17, 15) is 9.59 Å². The molecule has 124 valence electrons. The summed E-state index contributed by atoms with van der Waals surface area (Å²) in [6.45, 7) is 3.58. The van der Waals surface area contributed by atoms with Gasteiger partial charge in [0, 0.05) is 10.2 Å². The highest BCUT2D eigenvalue weighted by atomic mass is 79.9. The molecular weight excluding hydrogens is 372 g/mol. The third-order valence-electron chi connectivity index (χ3n) is 3.87. The lowest BCUT2D eigenvalue weighted by Crippen LogP contribution is -2.49. The molecule has 6 heteroatoms. The molecule has 3 rings (SSSR count). The van der Waals surface area contributed by atoms with Gasteiger partial charge in [-0.2, -0.15) is 0 Å². The van der Waals surface area contributed by atoms with Gasteiger partial charge in [0.2, 0.25) is 5.91 Å². The number of ether oxygens (including phenoxy) is 1. The second kappa shape index (κ2) is 6.65. The highest BCUT2D eigenvalue weighted by molar-refractivity contribution is 9.10. The Morgan fingerprint density at radius 1 is 1.25 bits per heavy atom. The summed E-state index contributed by atoms with van der Waals surface area (Å²) < 4.78 is 6.39. The Labute approximate surface area is 148 Å². The number of hydrogen-bond acceptors (Lipinski definition) is 3. The number of nitrogens with zero attached hydrogens (tertiary/aromatic N) is 1. The van der Waals surface area contributed by atoms with Crippen molar-refractivity contribution in [3.05, 3.63) is 52.5 Å². The minimum Gasteiger partial charge on any atom is -0.482 e. The molecule has 1 unspecified atom stereocenters. The van der Waals surface area contributed by atoms with Crippen molar-refractivity contribution in [2.45, 2.75) is 19.9 Å². The van der Waals surface area contributed by atoms with E-state index in [1.54, 1.807) is 19.1 Å². The van der Waals surface area contributed by atoms with Crippen molar-refractivity contribution in [3.63, 3.8) is 0 Å². The van der Waals surface area contributed by atoms with Gasteiger partial charge in [-0.3, -0.25) is 14.5 Å². The monoisotopic (exact) mass is 388 g/mol. The number of amides is 2. The molecule has 1 heterocycles. The molecule has 0 radical (unpaired) electrons. The maximum absolute atomic E-state index is 12.6. The highest BCUT2D eigenvalue weighted by Gasteiger charge is 2.33. The molecule has 0 spiro atoms. The smallest absolute Gasteiger partial charge is 0.265 e. The molecule has 1 N–H and O–H groups in total. The molecule has 1 aliphatic rings. The van der Waals surface area contributed by atoms with Gasteiger partial charge in [-0.15, -0.1) is 0 Å². The Morgan fingerprint density at radius 2 is 1.96 bits per heavy atom. The standard InChI is InChI=1S/C18H17BrN2O3/c1-11-3-8-16-15(9-11)21(17(22)10-24-16)12(2)18(23)20-14-6-4-13(19)5-7-14/h3-9,12H,10H2,1-2H3,(H,20,23). The van der Waals surface area contributed by atoms with Gasteiger partial charge in [-0.25, -0.2) is 0 Å². The molecule has 2 amide bonds. The normalized spacial score (nSPS) is 14.6. The first-order valence-electron chi connectivity index (χ1n) is 7.57. The van der Waals surface area contributed by atoms with Crippen LogP contribution in [0.4, 0.5) is 11.4 Å². The van der Waals surface area contributed by atoms with Crippen LogP contribution in [0.15, 0.2) is 46.9 Å². The lowest BCUT2D eigenvalue weighted by atomic mass is 10.1. The second-order valence-electron chi connectivity index (χ2n) is 5.70. The minimum absolute atomic E-state index is 0.0635. The zero-order chi connectivity index (χ0) is 17.3. The van der Waals surface area contributed by atoms with Crippen LogP contribution in [0.2, 0.25) is 0 Å². The first kappa shape index (κ1) is 16.5. The Kier molecular flexibility index (Phi) is 4.57. The summed E-state index contributed by atoms with van der Waals surface area (Å²) in [7, 11) is 0. The van der Waals surface area contributed by atoms with E-state index in [1.165, 1.54) is 4.90 Å². The van der Waals surface area contributed by atoms with Gasteiger partial charge in [0.25, 0.3) is 5.91 Å². The van der Waals surface area contributed by atoms with Crippen molar-refractivity contribution in [3.8, 4) is 5.75 Å². The summed E-state index contributed by atoms with van der Waals surface area (Å²) in [6, 6.07) is 12.2. The highest BCUT2D eigenvalue weighted by Crippen LogP contribution is 2.34. The summed E-state index contributed by atoms with van der Waals surface area (Å²) in [5.41, 5.74) is 2.31. The van der Waals surface area contributed by atoms with Gasteiger partial charge in [0.1, 0.15) is 11.8 Å². The van der Waals surface area contributed by atoms with Crippen LogP contribution in [0.3, 0.4) is 0 Å². The number of carbonyl (C=O) groups is 2. The number of nitrogens with one attached hydrogen (secondary N) is 1. The Balaban J connectivity index is 1.84. The first-order chi connectivity index (χ1) is 11.5. The average Bonchev–Trinajstić information content (AvgIpc) is 2.56. The fourth-order valence-corrected chi connectivity index (χ4v) is 2.87. The fourth-order valence-electron chi connectivity index (χ4n) is 2.60. The van der Waals surface area contributed by atoms with Crippen molar-refractivity contribution in [2.24, 2.45) is 0 Å². The lowest BCUT2D eigenvalue weighted by molar-refractivity contribution is -0.125. The van der Waals surface area contributed by atoms with Gasteiger partial charge in [-0.05, 0) is 55.8 Å². The molecule has 0 aliphatic carbocycles. The zero-order valence-corrected chi connectivity index (χ0v) is 15.0. The largest absolute Gasteiger partial charge is 0.482 e. The van der Waals surface area contributed by atoms with E-state index in [-0.39, 0.29) is 18.4 Å². The summed E-state index contributed by atoms with van der Waals surface area (Å²) in [5.74, 6) is 0.134. The van der Waals surface area contributed by atoms with Crippen molar-refractivity contribution in [1.29, 1.82) is 0 Å². The molecule has 0 aromatic heterocycles. The van der Waals surface area contributed by atoms with E-state index in [0.717, 1.165) is 10.0 Å². The van der Waals surface area contributed by atoms with Crippen molar-refractivity contribution >= 4 is 39.1 Å². The predicted molar refractivity (Wildman–Crippen MR) is 96.4 cm³/mol. The number of halogens is 1. The summed E-state index contributed by atoms with van der Waals surface area (Å²) in [6.07, 6.45) is 0. The van der Waals surface area contributed by atoms with Crippen molar-refractivity contribution in [2.75, 3.05) is 16.8 Å². The lowest BCUT2D eigenvalue weighted by Gasteiger charge is -2.33. The molecular formula is C18H17BrN2O3. The van der Waals surface area contributed by atoms with Crippen LogP contribution >= 0.6 is 15.9 Å². The molecule has 1 atom stereocenters. The first-order valence-corrected chi connectivity index (χ1v) is 8.37. The Hall–Kier alpha value is -2.34. The summed E-state index contributed by atoms with van der Waals surface area (Å²) >= 11 is 3.36. The fraction of sp³-hybridized carbons (Fsp3) is 0.222. The predicted octanol–water partition coefficient (Wildman–Crippen LogP) is 3.51. The molecule has 1 aliphatic heterocycles. The third kappa shape index (κ3) is 3.28. The van der Waals surface area contributed by atoms with E-state index in [4.69, 9.17) is 4.74 Å². The van der Waals surface area contributed by atoms with Crippen LogP contribution in [0, 0.1) is 6.92 Å². The van der Waals surface area contributed by atoms with Crippen LogP contribution in [-0.2, 0) is 9.59 Å². The molecule has 0 fully saturated rings. The van der Waals surface area contributed by atoms with Crippen molar-refractivity contribution < 1.29 is 14.3 Å². The molecule has 0 bridgehead atoms. The SMILES string of the molecule is Cc1ccc2c(c1)N(C(C)C(=O)Nc1ccc(Br)cc1)C(=O)CO2. The van der Waals surface area contributed by atoms with Crippen molar-refractivity contribution in [1.82, 2.24) is 0 Å². The number of anilines is 2. The van der Waals surface area contributed by atoms with Crippen LogP contribution in [0.5, 0.6) is 5.75 Å². The molecule has 2 aromatic rings. The molecule has 5 nitrogen and oxygen atoms in total. The third-order valence-corrected chi connectivity index (χ3v) is 4.40. The molecule has 0 saturated carbocycles. The quantitative estimate of drug-likeness (QED) is 0.874. The van der Waals surface area contributed by atoms with E-state index < -0.39 is 6.04 Å². The molecule has 0 saturated heterocycles.